The van der Waals surface area contributed by atoms with Crippen molar-refractivity contribution in [3.63, 3.8) is 0 Å². The number of alkyl halides is 1. The number of nitrogens with one attached hydrogen (secondary N) is 2. The molecule has 13 heteroatoms. The number of esters is 2. The molecule has 4 aliphatic carbocycles. The van der Waals surface area contributed by atoms with Gasteiger partial charge >= 0.3 is 11.9 Å². The number of hydrazine groups is 1. The zero-order chi connectivity index (χ0) is 44.5. The van der Waals surface area contributed by atoms with Crippen LogP contribution in [0.1, 0.15) is 115 Å². The van der Waals surface area contributed by atoms with Gasteiger partial charge in [0.15, 0.2) is 17.2 Å². The predicted octanol–water partition coefficient (Wildman–Crippen LogP) is 8.58. The van der Waals surface area contributed by atoms with Gasteiger partial charge in [0.05, 0.1) is 18.0 Å². The number of allylic oxidation sites excluding steroid dienone is 2. The Balaban J connectivity index is 0.950. The number of carbonyl (C=O) groups excluding carboxylic acids is 5. The Morgan fingerprint density at radius 3 is 2.39 bits per heavy atom. The molecule has 8 rings (SSSR count). The first-order valence-corrected chi connectivity index (χ1v) is 22.7. The van der Waals surface area contributed by atoms with Crippen LogP contribution in [0.25, 0.3) is 10.8 Å². The minimum absolute atomic E-state index is 0.121. The van der Waals surface area contributed by atoms with E-state index in [4.69, 9.17) is 25.8 Å². The van der Waals surface area contributed by atoms with Crippen molar-refractivity contribution in [2.75, 3.05) is 5.43 Å². The van der Waals surface area contributed by atoms with Crippen molar-refractivity contribution in [3.05, 3.63) is 64.4 Å². The number of benzene rings is 2. The van der Waals surface area contributed by atoms with Crippen LogP contribution in [0.3, 0.4) is 0 Å². The molecule has 1 aromatic heterocycles. The van der Waals surface area contributed by atoms with Crippen molar-refractivity contribution >= 4 is 58.1 Å². The first-order chi connectivity index (χ1) is 29.4. The van der Waals surface area contributed by atoms with E-state index in [1.165, 1.54) is 0 Å². The van der Waals surface area contributed by atoms with Crippen molar-refractivity contribution in [3.8, 4) is 11.5 Å². The highest BCUT2D eigenvalue weighted by molar-refractivity contribution is 6.22. The first kappa shape index (κ1) is 43.8. The Bertz CT molecular complexity index is 2400. The smallest absolute Gasteiger partial charge is 0.351 e. The van der Waals surface area contributed by atoms with Crippen LogP contribution in [-0.4, -0.2) is 56.7 Å². The lowest BCUT2D eigenvalue weighted by atomic mass is 9.46. The molecule has 10 atom stereocenters. The van der Waals surface area contributed by atoms with Gasteiger partial charge in [0.1, 0.15) is 17.8 Å². The summed E-state index contributed by atoms with van der Waals surface area (Å²) in [6, 6.07) is 7.50. The van der Waals surface area contributed by atoms with Gasteiger partial charge in [-0.25, -0.2) is 4.79 Å². The first-order valence-electron chi connectivity index (χ1n) is 22.2. The molecule has 2 aromatic carbocycles. The maximum atomic E-state index is 14.6. The molecule has 12 nitrogen and oxygen atoms in total. The molecule has 0 bridgehead atoms. The second-order valence-corrected chi connectivity index (χ2v) is 20.0. The Labute approximate surface area is 368 Å². The third-order valence-electron chi connectivity index (χ3n) is 16.3. The number of hydrogen-bond donors (Lipinski definition) is 2. The molecule has 2 heterocycles. The standard InChI is InChI=1S/C49H59ClN4O8/c1-26-23-38(26)48(8)36-16-19-46(6)35(34(36)24-39(50)37(48)18-22-55)17-21-49(46,30(5)56)62-45(59)47(7)20-15-32-29(4)42(27(2)28(3)43(32)61-47)60-41(58)14-13-40(57)52-54-44-33-12-10-9-11-31(33)25-51-53-44/h9-12,18,22,25-26,34-36,38-39H,13-17,19-21,23-24H2,1-8H3,(H,52,57)(H,53,54)/b37-18-/t26?,34?,35?,36?,38-,39?,46?,47?,48?,49-/m0/s1. The number of nitrogens with zero attached hydrogens (tertiary/aromatic N) is 2. The SMILES string of the molecule is CC(=O)[C@@]1(OC(=O)C2(C)CCc3c(C)c(OC(=O)CCC(=O)NNc4nncc5ccccc45)c(C)c(C)c3O2)CCC2C3CC(Cl)/C(=C/C=O)C(C)([C@H]4CC4C)C3CCC21C. The Morgan fingerprint density at radius 2 is 1.68 bits per heavy atom. The van der Waals surface area contributed by atoms with Crippen molar-refractivity contribution in [1.82, 2.24) is 15.6 Å². The molecular formula is C49H59ClN4O8. The van der Waals surface area contributed by atoms with E-state index in [0.717, 1.165) is 71.4 Å². The predicted molar refractivity (Wildman–Crippen MR) is 235 cm³/mol. The lowest BCUT2D eigenvalue weighted by molar-refractivity contribution is -0.201. The van der Waals surface area contributed by atoms with E-state index >= 15 is 0 Å². The number of ether oxygens (including phenoxy) is 3. The number of halogens is 1. The topological polar surface area (TPSA) is 163 Å². The molecule has 2 N–H and O–H groups in total. The summed E-state index contributed by atoms with van der Waals surface area (Å²) in [5.74, 6) is 1.37. The molecule has 0 saturated heterocycles. The summed E-state index contributed by atoms with van der Waals surface area (Å²) >= 11 is 7.20. The molecule has 62 heavy (non-hydrogen) atoms. The van der Waals surface area contributed by atoms with Gasteiger partial charge in [-0.15, -0.1) is 16.7 Å². The molecule has 8 unspecified atom stereocenters. The number of hydrogen-bond acceptors (Lipinski definition) is 11. The van der Waals surface area contributed by atoms with Gasteiger partial charge in [-0.3, -0.25) is 30.0 Å². The average Bonchev–Trinajstić information content (AvgIpc) is 3.92. The van der Waals surface area contributed by atoms with E-state index < -0.39 is 34.5 Å². The molecule has 0 spiro atoms. The lowest BCUT2D eigenvalue weighted by Crippen LogP contribution is -2.61. The van der Waals surface area contributed by atoms with Crippen LogP contribution in [0.4, 0.5) is 5.82 Å². The van der Waals surface area contributed by atoms with Gasteiger partial charge in [-0.2, -0.15) is 5.10 Å². The minimum atomic E-state index is -1.37. The number of ketones is 1. The number of amides is 1. The second-order valence-electron chi connectivity index (χ2n) is 19.5. The zero-order valence-corrected chi connectivity index (χ0v) is 37.9. The van der Waals surface area contributed by atoms with Crippen molar-refractivity contribution in [2.45, 2.75) is 136 Å². The quantitative estimate of drug-likeness (QED) is 0.0474. The van der Waals surface area contributed by atoms with Gasteiger partial charge < -0.3 is 14.2 Å². The van der Waals surface area contributed by atoms with Crippen LogP contribution >= 0.6 is 11.6 Å². The van der Waals surface area contributed by atoms with E-state index in [1.807, 2.05) is 45.0 Å². The van der Waals surface area contributed by atoms with E-state index in [9.17, 15) is 24.0 Å². The normalized spacial score (nSPS) is 33.9. The second kappa shape index (κ2) is 16.1. The summed E-state index contributed by atoms with van der Waals surface area (Å²) in [5.41, 5.74) is 5.93. The third-order valence-corrected chi connectivity index (χ3v) is 16.7. The molecular weight excluding hydrogens is 808 g/mol. The highest BCUT2D eigenvalue weighted by Gasteiger charge is 2.70. The fourth-order valence-electron chi connectivity index (χ4n) is 12.6. The van der Waals surface area contributed by atoms with Gasteiger partial charge in [0.25, 0.3) is 0 Å². The van der Waals surface area contributed by atoms with E-state index in [0.29, 0.717) is 59.9 Å². The molecule has 0 radical (unpaired) electrons. The third kappa shape index (κ3) is 6.99. The molecule has 1 aliphatic heterocycles. The molecule has 4 fully saturated rings. The summed E-state index contributed by atoms with van der Waals surface area (Å²) in [6.45, 7) is 15.6. The van der Waals surface area contributed by atoms with Crippen LogP contribution in [0.15, 0.2) is 42.1 Å². The Kier molecular flexibility index (Phi) is 11.3. The van der Waals surface area contributed by atoms with Crippen molar-refractivity contribution < 1.29 is 38.2 Å². The maximum Gasteiger partial charge on any atom is 0.351 e. The summed E-state index contributed by atoms with van der Waals surface area (Å²) < 4.78 is 19.2. The number of aromatic nitrogens is 2. The fraction of sp³-hybridized carbons (Fsp3) is 0.571. The van der Waals surface area contributed by atoms with E-state index in [-0.39, 0.29) is 41.3 Å². The number of anilines is 1. The largest absolute Gasteiger partial charge is 0.475 e. The number of carbonyl (C=O) groups is 5. The van der Waals surface area contributed by atoms with Crippen LogP contribution in [0, 0.1) is 61.2 Å². The van der Waals surface area contributed by atoms with E-state index in [1.54, 1.807) is 26.1 Å². The van der Waals surface area contributed by atoms with Crippen LogP contribution in [-0.2, 0) is 35.1 Å². The van der Waals surface area contributed by atoms with Crippen LogP contribution < -0.4 is 20.3 Å². The van der Waals surface area contributed by atoms with E-state index in [2.05, 4.69) is 41.8 Å². The summed E-state index contributed by atoms with van der Waals surface area (Å²) in [4.78, 5) is 66.4. The van der Waals surface area contributed by atoms with Crippen molar-refractivity contribution in [1.29, 1.82) is 0 Å². The number of rotatable bonds is 11. The molecule has 4 saturated carbocycles. The van der Waals surface area contributed by atoms with Gasteiger partial charge in [0, 0.05) is 34.6 Å². The zero-order valence-electron chi connectivity index (χ0n) is 37.1. The number of Topliss-reactive ketones (excluding diaryl/α,β-unsaturated/α-hetero) is 1. The summed E-state index contributed by atoms with van der Waals surface area (Å²) in [6.07, 6.45) is 9.33. The molecule has 330 valence electrons. The number of aldehydes is 1. The van der Waals surface area contributed by atoms with Gasteiger partial charge in [-0.05, 0) is 143 Å². The fourth-order valence-corrected chi connectivity index (χ4v) is 13.1. The van der Waals surface area contributed by atoms with Crippen LogP contribution in [0.2, 0.25) is 0 Å². The Morgan fingerprint density at radius 1 is 0.952 bits per heavy atom. The lowest BCUT2D eigenvalue weighted by Gasteiger charge is -2.59. The number of fused-ring (bicyclic) bond motifs is 5. The van der Waals surface area contributed by atoms with Gasteiger partial charge in [0.2, 0.25) is 11.5 Å². The monoisotopic (exact) mass is 866 g/mol. The molecule has 1 amide bonds. The molecule has 3 aromatic rings. The van der Waals surface area contributed by atoms with Gasteiger partial charge in [-0.1, -0.05) is 45.0 Å². The summed E-state index contributed by atoms with van der Waals surface area (Å²) in [5, 5.41) is 9.41. The highest BCUT2D eigenvalue weighted by atomic mass is 35.5. The minimum Gasteiger partial charge on any atom is -0.475 e. The maximum absolute atomic E-state index is 14.6. The molecule has 5 aliphatic rings. The van der Waals surface area contributed by atoms with Crippen LogP contribution in [0.5, 0.6) is 11.5 Å². The highest BCUT2D eigenvalue weighted by Crippen LogP contribution is 2.72. The summed E-state index contributed by atoms with van der Waals surface area (Å²) in [7, 11) is 0. The van der Waals surface area contributed by atoms with Crippen molar-refractivity contribution in [2.24, 2.45) is 40.4 Å². The average molecular weight is 867 g/mol. The Hall–Kier alpha value is -4.84.